The second kappa shape index (κ2) is 14.8. The van der Waals surface area contributed by atoms with Crippen LogP contribution in [0, 0.1) is 12.8 Å². The smallest absolute Gasteiger partial charge is 0.407 e. The molecule has 2 aromatic carbocycles. The third kappa shape index (κ3) is 7.55. The highest BCUT2D eigenvalue weighted by Crippen LogP contribution is 2.43. The lowest BCUT2D eigenvalue weighted by molar-refractivity contribution is -0.136. The Bertz CT molecular complexity index is 1540. The predicted octanol–water partition coefficient (Wildman–Crippen LogP) is 6.69. The van der Waals surface area contributed by atoms with E-state index in [4.69, 9.17) is 14.2 Å². The number of methoxy groups -OCH3 is 1. The SMILES string of the molecule is CCOC(=O)c1csc(N2C(CC(C)C)=C(CNC(=O)OCc3ccccc3)C(c3ccc(C)cc3)=C(C(=O)OC)C2C)n1. The number of carbonyl (C=O) groups excluding carboxylic acids is 3. The monoisotopic (exact) mass is 617 g/mol. The van der Waals surface area contributed by atoms with Crippen molar-refractivity contribution in [2.75, 3.05) is 25.2 Å². The number of aromatic nitrogens is 1. The van der Waals surface area contributed by atoms with Crippen LogP contribution in [0.25, 0.3) is 5.57 Å². The van der Waals surface area contributed by atoms with Crippen LogP contribution in [0.4, 0.5) is 9.93 Å². The van der Waals surface area contributed by atoms with Gasteiger partial charge in [-0.15, -0.1) is 11.3 Å². The molecule has 0 saturated carbocycles. The molecule has 1 N–H and O–H groups in total. The van der Waals surface area contributed by atoms with E-state index in [9.17, 15) is 14.4 Å². The summed E-state index contributed by atoms with van der Waals surface area (Å²) in [6.45, 7) is 10.3. The molecule has 2 heterocycles. The highest BCUT2D eigenvalue weighted by Gasteiger charge is 2.39. The van der Waals surface area contributed by atoms with Crippen LogP contribution in [0.2, 0.25) is 0 Å². The number of carbonyl (C=O) groups is 3. The summed E-state index contributed by atoms with van der Waals surface area (Å²) in [5.41, 5.74) is 5.70. The number of ether oxygens (including phenoxy) is 3. The van der Waals surface area contributed by atoms with Crippen molar-refractivity contribution in [2.45, 2.75) is 53.7 Å². The Morgan fingerprint density at radius 2 is 1.73 bits per heavy atom. The maximum atomic E-state index is 13.5. The Morgan fingerprint density at radius 1 is 1.02 bits per heavy atom. The van der Waals surface area contributed by atoms with E-state index in [2.05, 4.69) is 24.1 Å². The Labute approximate surface area is 262 Å². The molecule has 0 radical (unpaired) electrons. The molecule has 0 saturated heterocycles. The maximum Gasteiger partial charge on any atom is 0.407 e. The summed E-state index contributed by atoms with van der Waals surface area (Å²) < 4.78 is 16.0. The quantitative estimate of drug-likeness (QED) is 0.187. The Balaban J connectivity index is 1.84. The summed E-state index contributed by atoms with van der Waals surface area (Å²) in [6.07, 6.45) is 0.0237. The van der Waals surface area contributed by atoms with Crippen LogP contribution in [0.3, 0.4) is 0 Å². The molecule has 232 valence electrons. The van der Waals surface area contributed by atoms with Gasteiger partial charge in [0, 0.05) is 23.2 Å². The van der Waals surface area contributed by atoms with Crippen molar-refractivity contribution in [3.8, 4) is 0 Å². The zero-order valence-corrected chi connectivity index (χ0v) is 26.8. The van der Waals surface area contributed by atoms with Gasteiger partial charge in [-0.1, -0.05) is 74.0 Å². The van der Waals surface area contributed by atoms with E-state index in [-0.39, 0.29) is 31.4 Å². The summed E-state index contributed by atoms with van der Waals surface area (Å²) in [5.74, 6) is -0.794. The van der Waals surface area contributed by atoms with Gasteiger partial charge in [0.1, 0.15) is 6.61 Å². The van der Waals surface area contributed by atoms with E-state index in [1.807, 2.05) is 73.3 Å². The number of allylic oxidation sites excluding steroid dienone is 1. The fourth-order valence-electron chi connectivity index (χ4n) is 5.14. The lowest BCUT2D eigenvalue weighted by atomic mass is 9.82. The van der Waals surface area contributed by atoms with Crippen LogP contribution in [0.15, 0.2) is 76.8 Å². The molecule has 0 bridgehead atoms. The number of esters is 2. The average Bonchev–Trinajstić information content (AvgIpc) is 3.50. The summed E-state index contributed by atoms with van der Waals surface area (Å²) in [4.78, 5) is 45.6. The zero-order valence-electron chi connectivity index (χ0n) is 26.0. The van der Waals surface area contributed by atoms with Gasteiger partial charge in [0.05, 0.1) is 25.3 Å². The molecule has 10 heteroatoms. The first-order valence-corrected chi connectivity index (χ1v) is 15.5. The number of rotatable bonds is 11. The molecular formula is C34H39N3O6S. The Hall–Kier alpha value is -4.44. The normalized spacial score (nSPS) is 15.0. The minimum absolute atomic E-state index is 0.0821. The maximum absolute atomic E-state index is 13.5. The van der Waals surface area contributed by atoms with E-state index in [1.54, 1.807) is 12.3 Å². The van der Waals surface area contributed by atoms with E-state index in [1.165, 1.54) is 18.4 Å². The number of benzene rings is 2. The summed E-state index contributed by atoms with van der Waals surface area (Å²) in [6, 6.07) is 16.9. The Morgan fingerprint density at radius 3 is 2.36 bits per heavy atom. The van der Waals surface area contributed by atoms with Crippen LogP contribution in [0.1, 0.15) is 61.3 Å². The number of hydrogen-bond donors (Lipinski definition) is 1. The molecule has 1 amide bonds. The predicted molar refractivity (Wildman–Crippen MR) is 171 cm³/mol. The van der Waals surface area contributed by atoms with Crippen LogP contribution in [-0.2, 0) is 25.6 Å². The Kier molecular flexibility index (Phi) is 10.9. The molecule has 1 atom stereocenters. The highest BCUT2D eigenvalue weighted by molar-refractivity contribution is 7.14. The molecule has 0 fully saturated rings. The van der Waals surface area contributed by atoms with Crippen molar-refractivity contribution in [1.82, 2.24) is 10.3 Å². The van der Waals surface area contributed by atoms with Crippen molar-refractivity contribution in [3.63, 3.8) is 0 Å². The van der Waals surface area contributed by atoms with Gasteiger partial charge in [-0.3, -0.25) is 0 Å². The third-order valence-electron chi connectivity index (χ3n) is 7.17. The van der Waals surface area contributed by atoms with Crippen LogP contribution in [-0.4, -0.2) is 49.3 Å². The van der Waals surface area contributed by atoms with Crippen molar-refractivity contribution in [2.24, 2.45) is 5.92 Å². The fraction of sp³-hybridized carbons (Fsp3) is 0.353. The minimum atomic E-state index is -0.586. The second-order valence-corrected chi connectivity index (χ2v) is 11.7. The standard InChI is InChI=1S/C34H39N3O6S/c1-7-42-31(38)27-20-44-33(36-27)37-23(5)29(32(39)41-6)30(25-15-13-22(4)14-16-25)26(28(37)17-21(2)3)18-35-34(40)43-19-24-11-9-8-10-12-24/h8-16,20-21,23H,7,17-19H2,1-6H3,(H,35,40). The largest absolute Gasteiger partial charge is 0.466 e. The number of nitrogens with one attached hydrogen (secondary N) is 1. The molecule has 9 nitrogen and oxygen atoms in total. The summed E-state index contributed by atoms with van der Waals surface area (Å²) >= 11 is 1.29. The molecule has 1 unspecified atom stereocenters. The van der Waals surface area contributed by atoms with Crippen LogP contribution < -0.4 is 10.2 Å². The lowest BCUT2D eigenvalue weighted by Gasteiger charge is -2.40. The number of alkyl carbamates (subject to hydrolysis) is 1. The van der Waals surface area contributed by atoms with E-state index in [0.29, 0.717) is 22.7 Å². The fourth-order valence-corrected chi connectivity index (χ4v) is 6.04. The van der Waals surface area contributed by atoms with E-state index >= 15 is 0 Å². The number of hydrogen-bond acceptors (Lipinski definition) is 9. The topological polar surface area (TPSA) is 107 Å². The van der Waals surface area contributed by atoms with Gasteiger partial charge in [0.25, 0.3) is 0 Å². The van der Waals surface area contributed by atoms with Gasteiger partial charge in [-0.05, 0) is 49.8 Å². The van der Waals surface area contributed by atoms with E-state index in [0.717, 1.165) is 28.0 Å². The first kappa shape index (κ1) is 32.5. The average molecular weight is 618 g/mol. The number of nitrogens with zero attached hydrogens (tertiary/aromatic N) is 2. The van der Waals surface area contributed by atoms with Gasteiger partial charge in [0.15, 0.2) is 10.8 Å². The summed E-state index contributed by atoms with van der Waals surface area (Å²) in [5, 5.41) is 5.11. The van der Waals surface area contributed by atoms with Crippen molar-refractivity contribution in [3.05, 3.63) is 99.2 Å². The zero-order chi connectivity index (χ0) is 31.8. The molecule has 0 spiro atoms. The molecule has 3 aromatic rings. The minimum Gasteiger partial charge on any atom is -0.466 e. The molecule has 1 aliphatic heterocycles. The first-order chi connectivity index (χ1) is 21.1. The van der Waals surface area contributed by atoms with Crippen LogP contribution in [0.5, 0.6) is 0 Å². The van der Waals surface area contributed by atoms with Crippen LogP contribution >= 0.6 is 11.3 Å². The van der Waals surface area contributed by atoms with Gasteiger partial charge < -0.3 is 24.4 Å². The number of thiazole rings is 1. The number of anilines is 1. The molecule has 1 aromatic heterocycles. The van der Waals surface area contributed by atoms with Crippen molar-refractivity contribution < 1.29 is 28.6 Å². The molecule has 1 aliphatic rings. The summed E-state index contributed by atoms with van der Waals surface area (Å²) in [7, 11) is 1.35. The molecular weight excluding hydrogens is 578 g/mol. The molecule has 4 rings (SSSR count). The van der Waals surface area contributed by atoms with Gasteiger partial charge >= 0.3 is 18.0 Å². The van der Waals surface area contributed by atoms with Gasteiger partial charge in [-0.2, -0.15) is 0 Å². The third-order valence-corrected chi connectivity index (χ3v) is 8.01. The lowest BCUT2D eigenvalue weighted by Crippen LogP contribution is -2.43. The molecule has 0 aliphatic carbocycles. The van der Waals surface area contributed by atoms with Gasteiger partial charge in [-0.25, -0.2) is 19.4 Å². The van der Waals surface area contributed by atoms with E-state index < -0.39 is 24.1 Å². The second-order valence-electron chi connectivity index (χ2n) is 10.9. The number of aryl methyl sites for hydroxylation is 1. The highest BCUT2D eigenvalue weighted by atomic mass is 32.1. The number of amides is 1. The van der Waals surface area contributed by atoms with Crippen molar-refractivity contribution >= 4 is 40.1 Å². The van der Waals surface area contributed by atoms with Crippen molar-refractivity contribution in [1.29, 1.82) is 0 Å². The van der Waals surface area contributed by atoms with Gasteiger partial charge in [0.2, 0.25) is 0 Å². The first-order valence-electron chi connectivity index (χ1n) is 14.6. The molecule has 44 heavy (non-hydrogen) atoms.